The van der Waals surface area contributed by atoms with Gasteiger partial charge in [0.1, 0.15) is 0 Å². The second-order valence-corrected chi connectivity index (χ2v) is 13.9. The average Bonchev–Trinajstić information content (AvgIpc) is 3.50. The van der Waals surface area contributed by atoms with Crippen LogP contribution in [0.25, 0.3) is 0 Å². The highest BCUT2D eigenvalue weighted by atomic mass is 16.2. The van der Waals surface area contributed by atoms with Gasteiger partial charge in [-0.05, 0) is 63.9 Å². The van der Waals surface area contributed by atoms with Crippen LogP contribution in [0.5, 0.6) is 0 Å². The molecule has 6 rings (SSSR count). The van der Waals surface area contributed by atoms with Gasteiger partial charge < -0.3 is 14.7 Å². The summed E-state index contributed by atoms with van der Waals surface area (Å²) in [4.78, 5) is 36.2. The van der Waals surface area contributed by atoms with Crippen LogP contribution in [0.2, 0.25) is 0 Å². The molecule has 1 aromatic rings. The first-order valence-electron chi connectivity index (χ1n) is 15.4. The lowest BCUT2D eigenvalue weighted by molar-refractivity contribution is -0.142. The molecule has 5 fully saturated rings. The molecule has 208 valence electrons. The normalized spacial score (nSPS) is 35.2. The number of benzene rings is 1. The van der Waals surface area contributed by atoms with Gasteiger partial charge in [0.15, 0.2) is 0 Å². The van der Waals surface area contributed by atoms with Crippen LogP contribution in [0.15, 0.2) is 30.3 Å². The fourth-order valence-electron chi connectivity index (χ4n) is 9.28. The quantitative estimate of drug-likeness (QED) is 0.527. The molecule has 5 aliphatic rings. The molecule has 4 saturated heterocycles. The van der Waals surface area contributed by atoms with Crippen molar-refractivity contribution in [3.05, 3.63) is 35.9 Å². The number of urea groups is 1. The predicted molar refractivity (Wildman–Crippen MR) is 151 cm³/mol. The van der Waals surface area contributed by atoms with E-state index in [0.717, 1.165) is 51.9 Å². The molecule has 3 amide bonds. The topological polar surface area (TPSA) is 47.1 Å². The van der Waals surface area contributed by atoms with Crippen LogP contribution in [-0.2, 0) is 4.79 Å². The van der Waals surface area contributed by atoms with Crippen LogP contribution in [0, 0.1) is 11.3 Å². The lowest BCUT2D eigenvalue weighted by Gasteiger charge is -2.50. The number of nitrogens with zero attached hydrogens (tertiary/aromatic N) is 4. The Bertz CT molecular complexity index is 1020. The Morgan fingerprint density at radius 2 is 1.66 bits per heavy atom. The van der Waals surface area contributed by atoms with Gasteiger partial charge in [-0.25, -0.2) is 4.79 Å². The summed E-state index contributed by atoms with van der Waals surface area (Å²) in [6, 6.07) is 12.5. The number of likely N-dealkylation sites (tertiary alicyclic amines) is 1. The molecule has 4 aliphatic heterocycles. The maximum atomic E-state index is 13.9. The van der Waals surface area contributed by atoms with E-state index in [2.05, 4.69) is 65.8 Å². The minimum absolute atomic E-state index is 0.0194. The average molecular weight is 521 g/mol. The highest BCUT2D eigenvalue weighted by molar-refractivity contribution is 5.83. The standard InChI is InChI=1S/C32H48N4O2/c1-23(2)36-30(38)33(4)22-32(36)17-26-13-14-27(18-32)35(26)20-25-19-34(21-28(25)24-11-7-5-8-12-24)29(37)31(3)15-9-6-10-16-31/h5,7-8,11-12,23,25-28H,6,9-10,13-22H2,1-4H3/t25-,26?,27?,28-,32?/m1/s1. The van der Waals surface area contributed by atoms with Gasteiger partial charge in [-0.3, -0.25) is 9.69 Å². The van der Waals surface area contributed by atoms with Crippen molar-refractivity contribution in [1.82, 2.24) is 19.6 Å². The zero-order valence-corrected chi connectivity index (χ0v) is 24.1. The zero-order valence-electron chi connectivity index (χ0n) is 24.1. The first-order valence-corrected chi connectivity index (χ1v) is 15.4. The molecule has 1 spiro atoms. The van der Waals surface area contributed by atoms with Crippen molar-refractivity contribution in [2.45, 2.75) is 108 Å². The van der Waals surface area contributed by atoms with Crippen LogP contribution >= 0.6 is 0 Å². The van der Waals surface area contributed by atoms with Crippen molar-refractivity contribution < 1.29 is 9.59 Å². The summed E-state index contributed by atoms with van der Waals surface area (Å²) >= 11 is 0. The van der Waals surface area contributed by atoms with E-state index < -0.39 is 0 Å². The van der Waals surface area contributed by atoms with Crippen molar-refractivity contribution in [2.24, 2.45) is 11.3 Å². The number of hydrogen-bond acceptors (Lipinski definition) is 3. The number of carbonyl (C=O) groups is 2. The third-order valence-corrected chi connectivity index (χ3v) is 11.0. The number of carbonyl (C=O) groups excluding carboxylic acids is 2. The molecule has 38 heavy (non-hydrogen) atoms. The van der Waals surface area contributed by atoms with Crippen molar-refractivity contribution in [3.8, 4) is 0 Å². The number of amides is 3. The molecule has 6 heteroatoms. The minimum atomic E-state index is -0.174. The summed E-state index contributed by atoms with van der Waals surface area (Å²) in [7, 11) is 1.97. The molecular formula is C32H48N4O2. The number of piperidine rings is 1. The van der Waals surface area contributed by atoms with Crippen LogP contribution in [0.4, 0.5) is 4.79 Å². The van der Waals surface area contributed by atoms with E-state index in [4.69, 9.17) is 0 Å². The summed E-state index contributed by atoms with van der Waals surface area (Å²) in [5.74, 6) is 1.26. The van der Waals surface area contributed by atoms with E-state index in [1.165, 1.54) is 37.7 Å². The van der Waals surface area contributed by atoms with E-state index >= 15 is 0 Å². The molecule has 2 bridgehead atoms. The number of fused-ring (bicyclic) bond motifs is 2. The predicted octanol–water partition coefficient (Wildman–Crippen LogP) is 5.34. The van der Waals surface area contributed by atoms with Crippen LogP contribution in [-0.4, -0.2) is 88.4 Å². The Morgan fingerprint density at radius 1 is 1.00 bits per heavy atom. The van der Waals surface area contributed by atoms with Crippen LogP contribution < -0.4 is 0 Å². The maximum Gasteiger partial charge on any atom is 0.320 e. The van der Waals surface area contributed by atoms with Gasteiger partial charge in [-0.1, -0.05) is 56.5 Å². The number of likely N-dealkylation sites (N-methyl/N-ethyl adjacent to an activating group) is 1. The Kier molecular flexibility index (Phi) is 6.77. The largest absolute Gasteiger partial charge is 0.341 e. The molecule has 4 heterocycles. The van der Waals surface area contributed by atoms with E-state index in [1.807, 2.05) is 11.9 Å². The Balaban J connectivity index is 1.22. The molecule has 0 aromatic heterocycles. The first-order chi connectivity index (χ1) is 18.2. The van der Waals surface area contributed by atoms with E-state index in [-0.39, 0.29) is 23.0 Å². The smallest absolute Gasteiger partial charge is 0.320 e. The molecule has 1 aromatic carbocycles. The monoisotopic (exact) mass is 520 g/mol. The summed E-state index contributed by atoms with van der Waals surface area (Å²) in [6.07, 6.45) is 10.4. The summed E-state index contributed by atoms with van der Waals surface area (Å²) in [6.45, 7) is 10.2. The van der Waals surface area contributed by atoms with Crippen molar-refractivity contribution >= 4 is 11.9 Å². The van der Waals surface area contributed by atoms with Crippen molar-refractivity contribution in [2.75, 3.05) is 33.2 Å². The Hall–Kier alpha value is -2.08. The van der Waals surface area contributed by atoms with Crippen molar-refractivity contribution in [3.63, 3.8) is 0 Å². The first kappa shape index (κ1) is 26.2. The van der Waals surface area contributed by atoms with Gasteiger partial charge >= 0.3 is 6.03 Å². The molecule has 0 radical (unpaired) electrons. The third kappa shape index (κ3) is 4.35. The summed E-state index contributed by atoms with van der Waals surface area (Å²) in [5, 5.41) is 0. The molecular weight excluding hydrogens is 472 g/mol. The van der Waals surface area contributed by atoms with Gasteiger partial charge in [0.25, 0.3) is 0 Å². The third-order valence-electron chi connectivity index (χ3n) is 11.0. The van der Waals surface area contributed by atoms with E-state index in [1.54, 1.807) is 0 Å². The zero-order chi connectivity index (χ0) is 26.7. The molecule has 1 saturated carbocycles. The Morgan fingerprint density at radius 3 is 2.29 bits per heavy atom. The van der Waals surface area contributed by atoms with Gasteiger partial charge in [0.2, 0.25) is 5.91 Å². The molecule has 4 atom stereocenters. The lowest BCUT2D eigenvalue weighted by atomic mass is 9.74. The highest BCUT2D eigenvalue weighted by Gasteiger charge is 2.57. The minimum Gasteiger partial charge on any atom is -0.341 e. The second-order valence-electron chi connectivity index (χ2n) is 13.9. The summed E-state index contributed by atoms with van der Waals surface area (Å²) < 4.78 is 0. The Labute approximate surface area is 229 Å². The second kappa shape index (κ2) is 9.83. The number of hydrogen-bond donors (Lipinski definition) is 0. The molecule has 0 N–H and O–H groups in total. The summed E-state index contributed by atoms with van der Waals surface area (Å²) in [5.41, 5.74) is 1.19. The van der Waals surface area contributed by atoms with Gasteiger partial charge in [0.05, 0.1) is 5.54 Å². The maximum absolute atomic E-state index is 13.9. The van der Waals surface area contributed by atoms with Gasteiger partial charge in [-0.15, -0.1) is 0 Å². The van der Waals surface area contributed by atoms with Crippen LogP contribution in [0.3, 0.4) is 0 Å². The van der Waals surface area contributed by atoms with E-state index in [0.29, 0.717) is 29.8 Å². The fourth-order valence-corrected chi connectivity index (χ4v) is 9.28. The van der Waals surface area contributed by atoms with Crippen LogP contribution in [0.1, 0.15) is 90.0 Å². The number of rotatable bonds is 5. The van der Waals surface area contributed by atoms with Gasteiger partial charge in [0, 0.05) is 62.7 Å². The van der Waals surface area contributed by atoms with Gasteiger partial charge in [-0.2, -0.15) is 0 Å². The van der Waals surface area contributed by atoms with Crippen molar-refractivity contribution in [1.29, 1.82) is 0 Å². The highest BCUT2D eigenvalue weighted by Crippen LogP contribution is 2.49. The molecule has 2 unspecified atom stereocenters. The fraction of sp³-hybridized carbons (Fsp3) is 0.750. The molecule has 1 aliphatic carbocycles. The lowest BCUT2D eigenvalue weighted by Crippen LogP contribution is -2.60. The molecule has 6 nitrogen and oxygen atoms in total. The van der Waals surface area contributed by atoms with E-state index in [9.17, 15) is 9.59 Å². The SMILES string of the molecule is CC(C)N1C(=O)N(C)CC12CC1CCC(C2)N1C[C@H]1CN(C(=O)C2(C)CCCCC2)C[C@@H]1c1ccccc1.